The minimum absolute atomic E-state index is 0.145. The predicted molar refractivity (Wildman–Crippen MR) is 127 cm³/mol. The summed E-state index contributed by atoms with van der Waals surface area (Å²) in [5, 5.41) is 2.45. The molecule has 1 atom stereocenters. The summed E-state index contributed by atoms with van der Waals surface area (Å²) >= 11 is 0. The fourth-order valence-corrected chi connectivity index (χ4v) is 5.67. The molecule has 2 aliphatic rings. The third kappa shape index (κ3) is 4.51. The molecule has 33 heavy (non-hydrogen) atoms. The lowest BCUT2D eigenvalue weighted by molar-refractivity contribution is -0.141. The van der Waals surface area contributed by atoms with Crippen LogP contribution in [0.15, 0.2) is 60.9 Å². The summed E-state index contributed by atoms with van der Waals surface area (Å²) in [7, 11) is 0. The van der Waals surface area contributed by atoms with Gasteiger partial charge in [-0.2, -0.15) is 0 Å². The normalized spacial score (nSPS) is 21.0. The van der Waals surface area contributed by atoms with Crippen LogP contribution in [0.25, 0.3) is 10.8 Å². The van der Waals surface area contributed by atoms with E-state index in [0.717, 1.165) is 44.3 Å². The Kier molecular flexibility index (Phi) is 6.41. The van der Waals surface area contributed by atoms with E-state index in [1.165, 1.54) is 22.4 Å². The molecule has 0 aliphatic carbocycles. The molecule has 0 bridgehead atoms. The summed E-state index contributed by atoms with van der Waals surface area (Å²) in [6.07, 6.45) is 9.12. The van der Waals surface area contributed by atoms with Gasteiger partial charge in [-0.1, -0.05) is 30.3 Å². The first-order chi connectivity index (χ1) is 16.2. The minimum atomic E-state index is -0.679. The Morgan fingerprint density at radius 1 is 1.09 bits per heavy atom. The zero-order chi connectivity index (χ0) is 22.7. The molecule has 1 aromatic heterocycles. The number of carbonyl (C=O) groups is 1. The Balaban J connectivity index is 1.33. The van der Waals surface area contributed by atoms with Crippen LogP contribution in [0.5, 0.6) is 0 Å². The molecular formula is C28H31FN2O2. The number of ether oxygens (including phenoxy) is 1. The summed E-state index contributed by atoms with van der Waals surface area (Å²) in [5.41, 5.74) is 1.45. The van der Waals surface area contributed by atoms with Crippen LogP contribution in [0.1, 0.15) is 43.2 Å². The summed E-state index contributed by atoms with van der Waals surface area (Å²) in [5.74, 6) is 0.395. The van der Waals surface area contributed by atoms with E-state index in [-0.39, 0.29) is 11.7 Å². The van der Waals surface area contributed by atoms with Crippen LogP contribution in [-0.2, 0) is 21.4 Å². The van der Waals surface area contributed by atoms with Crippen LogP contribution < -0.4 is 0 Å². The van der Waals surface area contributed by atoms with E-state index in [1.54, 1.807) is 12.1 Å². The van der Waals surface area contributed by atoms with Crippen molar-refractivity contribution in [1.29, 1.82) is 0 Å². The van der Waals surface area contributed by atoms with Gasteiger partial charge in [0.1, 0.15) is 5.82 Å². The lowest BCUT2D eigenvalue weighted by Crippen LogP contribution is -2.50. The number of carbonyl (C=O) groups excluding carboxylic acids is 1. The predicted octanol–water partition coefficient (Wildman–Crippen LogP) is 5.29. The second-order valence-electron chi connectivity index (χ2n) is 9.51. The highest BCUT2D eigenvalue weighted by molar-refractivity contribution is 5.88. The molecule has 2 fully saturated rings. The van der Waals surface area contributed by atoms with Gasteiger partial charge >= 0.3 is 0 Å². The maximum atomic E-state index is 14.1. The number of likely N-dealkylation sites (tertiary alicyclic amines) is 1. The maximum Gasteiger partial charge on any atom is 0.233 e. The van der Waals surface area contributed by atoms with Crippen LogP contribution >= 0.6 is 0 Å². The first-order valence-electron chi connectivity index (χ1n) is 12.1. The maximum absolute atomic E-state index is 14.1. The first kappa shape index (κ1) is 22.0. The summed E-state index contributed by atoms with van der Waals surface area (Å²) in [6, 6.07) is 15.1. The van der Waals surface area contributed by atoms with Gasteiger partial charge in [0.05, 0.1) is 5.41 Å². The van der Waals surface area contributed by atoms with Gasteiger partial charge < -0.3 is 9.64 Å². The number of amides is 1. The van der Waals surface area contributed by atoms with Gasteiger partial charge in [0.15, 0.2) is 0 Å². The van der Waals surface area contributed by atoms with E-state index in [9.17, 15) is 9.18 Å². The summed E-state index contributed by atoms with van der Waals surface area (Å²) in [6.45, 7) is 2.59. The van der Waals surface area contributed by atoms with Crippen LogP contribution in [0.2, 0.25) is 0 Å². The van der Waals surface area contributed by atoms with Gasteiger partial charge in [-0.25, -0.2) is 4.39 Å². The van der Waals surface area contributed by atoms with Crippen molar-refractivity contribution in [2.24, 2.45) is 5.92 Å². The molecule has 5 rings (SSSR count). The molecule has 1 amide bonds. The van der Waals surface area contributed by atoms with Crippen LogP contribution in [0.4, 0.5) is 4.39 Å². The average Bonchev–Trinajstić information content (AvgIpc) is 3.10. The third-order valence-electron chi connectivity index (χ3n) is 7.55. The number of hydrogen-bond acceptors (Lipinski definition) is 3. The Hall–Kier alpha value is -2.79. The summed E-state index contributed by atoms with van der Waals surface area (Å²) < 4.78 is 19.7. The molecule has 0 saturated carbocycles. The minimum Gasteiger partial charge on any atom is -0.381 e. The quantitative estimate of drug-likeness (QED) is 0.547. The lowest BCUT2D eigenvalue weighted by atomic mass is 9.73. The molecular weight excluding hydrogens is 415 g/mol. The van der Waals surface area contributed by atoms with Crippen LogP contribution in [-0.4, -0.2) is 42.1 Å². The molecule has 5 heteroatoms. The third-order valence-corrected chi connectivity index (χ3v) is 7.55. The highest BCUT2D eigenvalue weighted by Crippen LogP contribution is 2.38. The van der Waals surface area contributed by atoms with Crippen molar-refractivity contribution in [3.05, 3.63) is 77.9 Å². The smallest absolute Gasteiger partial charge is 0.233 e. The van der Waals surface area contributed by atoms with Crippen molar-refractivity contribution >= 4 is 16.7 Å². The Morgan fingerprint density at radius 2 is 1.94 bits per heavy atom. The van der Waals surface area contributed by atoms with Crippen molar-refractivity contribution < 1.29 is 13.9 Å². The van der Waals surface area contributed by atoms with E-state index in [0.29, 0.717) is 32.0 Å². The summed E-state index contributed by atoms with van der Waals surface area (Å²) in [4.78, 5) is 20.3. The van der Waals surface area contributed by atoms with E-state index >= 15 is 0 Å². The topological polar surface area (TPSA) is 42.4 Å². The van der Waals surface area contributed by atoms with Crippen molar-refractivity contribution in [2.45, 2.75) is 43.9 Å². The van der Waals surface area contributed by atoms with Crippen molar-refractivity contribution in [1.82, 2.24) is 9.88 Å². The second-order valence-corrected chi connectivity index (χ2v) is 9.51. The van der Waals surface area contributed by atoms with Crippen LogP contribution in [0.3, 0.4) is 0 Å². The van der Waals surface area contributed by atoms with Gasteiger partial charge in [-0.15, -0.1) is 0 Å². The van der Waals surface area contributed by atoms with Gasteiger partial charge in [-0.05, 0) is 79.2 Å². The zero-order valence-electron chi connectivity index (χ0n) is 19.0. The molecule has 0 radical (unpaired) electrons. The van der Waals surface area contributed by atoms with E-state index in [4.69, 9.17) is 4.74 Å². The standard InChI is InChI=1S/C28H31FN2O2/c29-25-8-2-7-24(19-25)28(11-16-33-17-12-28)27(32)31-14-3-4-21(10-15-31)18-23-6-1-5-22-9-13-30-20-26(22)23/h1-2,5-9,13,19-21H,3-4,10-12,14-18H2. The number of hydrogen-bond donors (Lipinski definition) is 0. The Labute approximate surface area is 194 Å². The average molecular weight is 447 g/mol. The number of benzene rings is 2. The monoisotopic (exact) mass is 446 g/mol. The molecule has 2 aromatic carbocycles. The molecule has 2 aliphatic heterocycles. The van der Waals surface area contributed by atoms with E-state index in [1.807, 2.05) is 23.4 Å². The molecule has 3 aromatic rings. The van der Waals surface area contributed by atoms with Crippen molar-refractivity contribution in [3.63, 3.8) is 0 Å². The largest absolute Gasteiger partial charge is 0.381 e. The fourth-order valence-electron chi connectivity index (χ4n) is 5.67. The van der Waals surface area contributed by atoms with E-state index in [2.05, 4.69) is 29.2 Å². The Morgan fingerprint density at radius 3 is 2.79 bits per heavy atom. The highest BCUT2D eigenvalue weighted by atomic mass is 19.1. The number of nitrogens with zero attached hydrogens (tertiary/aromatic N) is 2. The van der Waals surface area contributed by atoms with Crippen LogP contribution in [0, 0.1) is 11.7 Å². The molecule has 0 spiro atoms. The molecule has 2 saturated heterocycles. The van der Waals surface area contributed by atoms with Crippen molar-refractivity contribution in [2.75, 3.05) is 26.3 Å². The lowest BCUT2D eigenvalue weighted by Gasteiger charge is -2.40. The molecule has 0 N–H and O–H groups in total. The van der Waals surface area contributed by atoms with E-state index < -0.39 is 5.41 Å². The molecule has 1 unspecified atom stereocenters. The first-order valence-corrected chi connectivity index (χ1v) is 12.1. The molecule has 172 valence electrons. The number of aromatic nitrogens is 1. The molecule has 4 nitrogen and oxygen atoms in total. The number of rotatable bonds is 4. The second kappa shape index (κ2) is 9.60. The Bertz CT molecular complexity index is 1120. The van der Waals surface area contributed by atoms with Gasteiger partial charge in [-0.3, -0.25) is 9.78 Å². The van der Waals surface area contributed by atoms with Gasteiger partial charge in [0.25, 0.3) is 0 Å². The molecule has 3 heterocycles. The fraction of sp³-hybridized carbons (Fsp3) is 0.429. The number of pyridine rings is 1. The number of fused-ring (bicyclic) bond motifs is 1. The van der Waals surface area contributed by atoms with Gasteiger partial charge in [0.2, 0.25) is 5.91 Å². The van der Waals surface area contributed by atoms with Gasteiger partial charge in [0, 0.05) is 44.1 Å². The zero-order valence-corrected chi connectivity index (χ0v) is 19.0. The highest BCUT2D eigenvalue weighted by Gasteiger charge is 2.44. The number of halogens is 1. The van der Waals surface area contributed by atoms with Crippen molar-refractivity contribution in [3.8, 4) is 0 Å². The SMILES string of the molecule is O=C(N1CCCC(Cc2cccc3ccncc23)CC1)C1(c2cccc(F)c2)CCOCC1.